The van der Waals surface area contributed by atoms with Crippen LogP contribution in [0.25, 0.3) is 0 Å². The second-order valence-corrected chi connectivity index (χ2v) is 8.89. The number of aryl methyl sites for hydroxylation is 1. The fraction of sp³-hybridized carbons (Fsp3) is 0.462. The fourth-order valence-electron chi connectivity index (χ4n) is 4.61. The molecular formula is C26H34N4O2. The van der Waals surface area contributed by atoms with E-state index in [1.165, 1.54) is 11.3 Å². The Kier molecular flexibility index (Phi) is 7.10. The van der Waals surface area contributed by atoms with Gasteiger partial charge in [0.15, 0.2) is 0 Å². The Morgan fingerprint density at radius 2 is 1.81 bits per heavy atom. The summed E-state index contributed by atoms with van der Waals surface area (Å²) in [4.78, 5) is 32.0. The minimum atomic E-state index is -0.292. The van der Waals surface area contributed by atoms with Gasteiger partial charge in [0.25, 0.3) is 0 Å². The van der Waals surface area contributed by atoms with Gasteiger partial charge in [-0.2, -0.15) is 0 Å². The summed E-state index contributed by atoms with van der Waals surface area (Å²) >= 11 is 0. The van der Waals surface area contributed by atoms with Crippen molar-refractivity contribution in [1.82, 2.24) is 9.80 Å². The molecule has 2 fully saturated rings. The molecule has 0 saturated carbocycles. The molecule has 170 valence electrons. The summed E-state index contributed by atoms with van der Waals surface area (Å²) < 4.78 is 0. The van der Waals surface area contributed by atoms with E-state index in [2.05, 4.69) is 46.3 Å². The highest BCUT2D eigenvalue weighted by Gasteiger charge is 2.34. The number of likely N-dealkylation sites (N-methyl/N-ethyl adjacent to an activating group) is 1. The first-order chi connectivity index (χ1) is 15.5. The third kappa shape index (κ3) is 5.30. The Labute approximate surface area is 191 Å². The largest absolute Gasteiger partial charge is 0.369 e. The van der Waals surface area contributed by atoms with Crippen molar-refractivity contribution in [2.45, 2.75) is 26.7 Å². The maximum atomic E-state index is 12.9. The molecule has 0 aliphatic carbocycles. The summed E-state index contributed by atoms with van der Waals surface area (Å²) in [6.45, 7) is 10.7. The number of anilines is 2. The van der Waals surface area contributed by atoms with E-state index in [9.17, 15) is 9.59 Å². The standard InChI is InChI=1S/C26H34N4O2/c1-3-28-13-15-29(16-14-28)23-9-10-24(20(2)17-23)27-26(32)22-18-25(31)30(19-22)12-11-21-7-5-4-6-8-21/h4-10,17,22H,3,11-16,18-19H2,1-2H3,(H,27,32)/t22-/m1/s1. The van der Waals surface area contributed by atoms with E-state index in [1.807, 2.05) is 36.1 Å². The summed E-state index contributed by atoms with van der Waals surface area (Å²) in [6, 6.07) is 16.4. The second-order valence-electron chi connectivity index (χ2n) is 8.89. The van der Waals surface area contributed by atoms with Gasteiger partial charge < -0.3 is 20.0 Å². The van der Waals surface area contributed by atoms with Gasteiger partial charge in [-0.1, -0.05) is 37.3 Å². The predicted octanol–water partition coefficient (Wildman–Crippen LogP) is 3.17. The first-order valence-electron chi connectivity index (χ1n) is 11.7. The Hall–Kier alpha value is -2.86. The molecule has 2 aromatic carbocycles. The molecule has 2 aliphatic rings. The molecular weight excluding hydrogens is 400 g/mol. The normalized spacial score (nSPS) is 19.4. The summed E-state index contributed by atoms with van der Waals surface area (Å²) in [5.41, 5.74) is 4.31. The van der Waals surface area contributed by atoms with Crippen molar-refractivity contribution in [1.29, 1.82) is 0 Å². The summed E-state index contributed by atoms with van der Waals surface area (Å²) in [7, 11) is 0. The molecule has 0 bridgehead atoms. The van der Waals surface area contributed by atoms with Gasteiger partial charge >= 0.3 is 0 Å². The van der Waals surface area contributed by atoms with Gasteiger partial charge in [0, 0.05) is 57.1 Å². The zero-order chi connectivity index (χ0) is 22.5. The fourth-order valence-corrected chi connectivity index (χ4v) is 4.61. The van der Waals surface area contributed by atoms with Crippen LogP contribution in [0.5, 0.6) is 0 Å². The highest BCUT2D eigenvalue weighted by atomic mass is 16.2. The van der Waals surface area contributed by atoms with Gasteiger partial charge in [-0.25, -0.2) is 0 Å². The van der Waals surface area contributed by atoms with Crippen molar-refractivity contribution in [3.05, 3.63) is 59.7 Å². The molecule has 2 amide bonds. The molecule has 1 atom stereocenters. The first kappa shape index (κ1) is 22.3. The van der Waals surface area contributed by atoms with Crippen LogP contribution in [-0.2, 0) is 16.0 Å². The summed E-state index contributed by atoms with van der Waals surface area (Å²) in [5, 5.41) is 3.07. The third-order valence-electron chi connectivity index (χ3n) is 6.75. The maximum Gasteiger partial charge on any atom is 0.229 e. The lowest BCUT2D eigenvalue weighted by Gasteiger charge is -2.35. The number of hydrogen-bond acceptors (Lipinski definition) is 4. The highest BCUT2D eigenvalue weighted by molar-refractivity contribution is 5.97. The molecule has 6 nitrogen and oxygen atoms in total. The lowest BCUT2D eigenvalue weighted by Crippen LogP contribution is -2.46. The topological polar surface area (TPSA) is 55.9 Å². The van der Waals surface area contributed by atoms with Crippen LogP contribution >= 0.6 is 0 Å². The van der Waals surface area contributed by atoms with Crippen molar-refractivity contribution in [3.8, 4) is 0 Å². The number of carbonyl (C=O) groups is 2. The Morgan fingerprint density at radius 3 is 2.50 bits per heavy atom. The molecule has 0 radical (unpaired) electrons. The average molecular weight is 435 g/mol. The van der Waals surface area contributed by atoms with E-state index in [4.69, 9.17) is 0 Å². The zero-order valence-electron chi connectivity index (χ0n) is 19.2. The SMILES string of the molecule is CCN1CCN(c2ccc(NC(=O)[C@@H]3CC(=O)N(CCc4ccccc4)C3)c(C)c2)CC1. The summed E-state index contributed by atoms with van der Waals surface area (Å²) in [5.74, 6) is -0.285. The monoisotopic (exact) mass is 434 g/mol. The molecule has 4 rings (SSSR count). The van der Waals surface area contributed by atoms with Crippen LogP contribution in [0.2, 0.25) is 0 Å². The number of rotatable bonds is 7. The minimum Gasteiger partial charge on any atom is -0.369 e. The van der Waals surface area contributed by atoms with Crippen molar-refractivity contribution < 1.29 is 9.59 Å². The number of nitrogens with one attached hydrogen (secondary N) is 1. The van der Waals surface area contributed by atoms with E-state index in [1.54, 1.807) is 0 Å². The summed E-state index contributed by atoms with van der Waals surface area (Å²) in [6.07, 6.45) is 1.10. The van der Waals surface area contributed by atoms with Gasteiger partial charge in [-0.3, -0.25) is 9.59 Å². The number of amides is 2. The molecule has 2 aromatic rings. The molecule has 32 heavy (non-hydrogen) atoms. The molecule has 2 saturated heterocycles. The number of hydrogen-bond donors (Lipinski definition) is 1. The van der Waals surface area contributed by atoms with Crippen molar-refractivity contribution in [3.63, 3.8) is 0 Å². The minimum absolute atomic E-state index is 0.0621. The van der Waals surface area contributed by atoms with Crippen molar-refractivity contribution >= 4 is 23.2 Å². The van der Waals surface area contributed by atoms with Crippen molar-refractivity contribution in [2.24, 2.45) is 5.92 Å². The number of carbonyl (C=O) groups excluding carboxylic acids is 2. The Bertz CT molecular complexity index is 938. The lowest BCUT2D eigenvalue weighted by molar-refractivity contribution is -0.128. The van der Waals surface area contributed by atoms with E-state index in [-0.39, 0.29) is 17.7 Å². The molecule has 2 heterocycles. The van der Waals surface area contributed by atoms with Crippen LogP contribution in [0.15, 0.2) is 48.5 Å². The first-order valence-corrected chi connectivity index (χ1v) is 11.7. The van der Waals surface area contributed by atoms with E-state index in [0.717, 1.165) is 50.4 Å². The molecule has 0 unspecified atom stereocenters. The Balaban J connectivity index is 1.31. The van der Waals surface area contributed by atoms with Gasteiger partial charge in [-0.15, -0.1) is 0 Å². The maximum absolute atomic E-state index is 12.9. The van der Waals surface area contributed by atoms with Crippen LogP contribution < -0.4 is 10.2 Å². The van der Waals surface area contributed by atoms with Gasteiger partial charge in [0.1, 0.15) is 0 Å². The smallest absolute Gasteiger partial charge is 0.229 e. The number of nitrogens with zero attached hydrogens (tertiary/aromatic N) is 3. The third-order valence-corrected chi connectivity index (χ3v) is 6.75. The van der Waals surface area contributed by atoms with Gasteiger partial charge in [-0.05, 0) is 49.2 Å². The van der Waals surface area contributed by atoms with E-state index >= 15 is 0 Å². The Morgan fingerprint density at radius 1 is 1.06 bits per heavy atom. The average Bonchev–Trinajstić information content (AvgIpc) is 3.20. The van der Waals surface area contributed by atoms with Crippen LogP contribution in [0.3, 0.4) is 0 Å². The predicted molar refractivity (Wildman–Crippen MR) is 129 cm³/mol. The van der Waals surface area contributed by atoms with Crippen LogP contribution in [-0.4, -0.2) is 67.4 Å². The highest BCUT2D eigenvalue weighted by Crippen LogP contribution is 2.26. The quantitative estimate of drug-likeness (QED) is 0.727. The van der Waals surface area contributed by atoms with E-state index < -0.39 is 0 Å². The van der Waals surface area contributed by atoms with Crippen LogP contribution in [0.4, 0.5) is 11.4 Å². The molecule has 6 heteroatoms. The van der Waals surface area contributed by atoms with Gasteiger partial charge in [0.05, 0.1) is 5.92 Å². The molecule has 2 aliphatic heterocycles. The lowest BCUT2D eigenvalue weighted by atomic mass is 10.1. The van der Waals surface area contributed by atoms with Crippen LogP contribution in [0.1, 0.15) is 24.5 Å². The molecule has 0 aromatic heterocycles. The number of likely N-dealkylation sites (tertiary alicyclic amines) is 1. The van der Waals surface area contributed by atoms with Crippen molar-refractivity contribution in [2.75, 3.05) is 56.0 Å². The van der Waals surface area contributed by atoms with E-state index in [0.29, 0.717) is 19.5 Å². The van der Waals surface area contributed by atoms with Crippen LogP contribution in [0, 0.1) is 12.8 Å². The molecule has 0 spiro atoms. The number of piperazine rings is 1. The zero-order valence-corrected chi connectivity index (χ0v) is 19.2. The second kappa shape index (κ2) is 10.2. The number of benzene rings is 2. The molecule has 1 N–H and O–H groups in total. The van der Waals surface area contributed by atoms with Gasteiger partial charge in [0.2, 0.25) is 11.8 Å².